The number of fused-ring (bicyclic) bond motifs is 1. The zero-order valence-corrected chi connectivity index (χ0v) is 16.6. The van der Waals surface area contributed by atoms with Crippen LogP contribution in [0.25, 0.3) is 0 Å². The van der Waals surface area contributed by atoms with Crippen molar-refractivity contribution >= 4 is 31.6 Å². The maximum atomic E-state index is 12.5. The van der Waals surface area contributed by atoms with Crippen molar-refractivity contribution in [3.8, 4) is 0 Å². The third-order valence-electron chi connectivity index (χ3n) is 4.47. The van der Waals surface area contributed by atoms with Crippen LogP contribution in [0.1, 0.15) is 24.0 Å². The Hall–Kier alpha value is -2.27. The molecule has 150 valence electrons. The summed E-state index contributed by atoms with van der Waals surface area (Å²) in [6.07, 6.45) is 2.11. The Labute approximate surface area is 164 Å². The normalized spacial score (nSPS) is 14.8. The van der Waals surface area contributed by atoms with Crippen LogP contribution in [0, 0.1) is 0 Å². The van der Waals surface area contributed by atoms with Gasteiger partial charge in [0.05, 0.1) is 9.79 Å². The zero-order valence-electron chi connectivity index (χ0n) is 15.0. The average Bonchev–Trinajstić information content (AvgIpc) is 2.81. The topological polar surface area (TPSA) is 135 Å². The van der Waals surface area contributed by atoms with E-state index in [1.54, 1.807) is 24.3 Å². The lowest BCUT2D eigenvalue weighted by Gasteiger charge is -2.11. The van der Waals surface area contributed by atoms with E-state index in [1.165, 1.54) is 18.2 Å². The van der Waals surface area contributed by atoms with Crippen LogP contribution in [0.2, 0.25) is 0 Å². The molecule has 0 saturated carbocycles. The van der Waals surface area contributed by atoms with Gasteiger partial charge in [0.15, 0.2) is 0 Å². The van der Waals surface area contributed by atoms with Crippen molar-refractivity contribution in [3.63, 3.8) is 0 Å². The number of benzene rings is 2. The number of nitrogens with two attached hydrogens (primary N) is 1. The van der Waals surface area contributed by atoms with Gasteiger partial charge >= 0.3 is 0 Å². The highest BCUT2D eigenvalue weighted by molar-refractivity contribution is 7.89. The van der Waals surface area contributed by atoms with Crippen LogP contribution in [0.5, 0.6) is 0 Å². The van der Waals surface area contributed by atoms with Gasteiger partial charge in [-0.2, -0.15) is 0 Å². The van der Waals surface area contributed by atoms with Crippen LogP contribution < -0.4 is 15.2 Å². The molecule has 0 aromatic heterocycles. The smallest absolute Gasteiger partial charge is 0.240 e. The molecule has 2 aromatic rings. The van der Waals surface area contributed by atoms with Crippen molar-refractivity contribution in [3.05, 3.63) is 53.6 Å². The summed E-state index contributed by atoms with van der Waals surface area (Å²) in [7, 11) is -7.45. The molecule has 28 heavy (non-hydrogen) atoms. The number of aryl methyl sites for hydroxylation is 1. The number of nitrogens with one attached hydrogen (secondary N) is 2. The Kier molecular flexibility index (Phi) is 5.84. The van der Waals surface area contributed by atoms with Crippen molar-refractivity contribution < 1.29 is 21.6 Å². The first kappa shape index (κ1) is 20.5. The second kappa shape index (κ2) is 8.00. The van der Waals surface area contributed by atoms with Crippen LogP contribution in [0.4, 0.5) is 5.69 Å². The van der Waals surface area contributed by atoms with Crippen molar-refractivity contribution in [1.29, 1.82) is 0 Å². The molecular formula is C18H21N3O5S2. The average molecular weight is 424 g/mol. The van der Waals surface area contributed by atoms with E-state index in [2.05, 4.69) is 10.0 Å². The fourth-order valence-electron chi connectivity index (χ4n) is 2.98. The molecule has 0 unspecified atom stereocenters. The number of primary sulfonamides is 1. The van der Waals surface area contributed by atoms with Crippen LogP contribution in [0.15, 0.2) is 52.3 Å². The summed E-state index contributed by atoms with van der Waals surface area (Å²) >= 11 is 0. The molecule has 4 N–H and O–H groups in total. The van der Waals surface area contributed by atoms with Crippen molar-refractivity contribution in [1.82, 2.24) is 4.72 Å². The SMILES string of the molecule is NS(=O)(=O)c1ccc(CCNS(=O)(=O)c2ccc3c(c2)CCCC(=O)N3)cc1. The Morgan fingerprint density at radius 2 is 1.64 bits per heavy atom. The molecule has 1 aliphatic heterocycles. The minimum absolute atomic E-state index is 0.00824. The predicted molar refractivity (Wildman–Crippen MR) is 105 cm³/mol. The van der Waals surface area contributed by atoms with E-state index < -0.39 is 20.0 Å². The standard InChI is InChI=1S/C18H21N3O5S2/c19-27(23,24)15-6-4-13(5-7-15)10-11-20-28(25,26)16-8-9-17-14(12-16)2-1-3-18(22)21-17/h4-9,12,20H,1-3,10-11H2,(H,21,22)(H2,19,23,24). The van der Waals surface area contributed by atoms with Crippen molar-refractivity contribution in [2.75, 3.05) is 11.9 Å². The maximum absolute atomic E-state index is 12.5. The van der Waals surface area contributed by atoms with E-state index in [4.69, 9.17) is 5.14 Å². The number of rotatable bonds is 6. The van der Waals surface area contributed by atoms with E-state index in [-0.39, 0.29) is 22.2 Å². The molecule has 0 atom stereocenters. The molecule has 0 saturated heterocycles. The first-order valence-electron chi connectivity index (χ1n) is 8.69. The molecule has 0 spiro atoms. The molecular weight excluding hydrogens is 402 g/mol. The molecule has 2 aromatic carbocycles. The van der Waals surface area contributed by atoms with Gasteiger partial charge in [-0.15, -0.1) is 0 Å². The highest BCUT2D eigenvalue weighted by atomic mass is 32.2. The van der Waals surface area contributed by atoms with E-state index >= 15 is 0 Å². The van der Waals surface area contributed by atoms with Gasteiger partial charge in [0, 0.05) is 18.7 Å². The van der Waals surface area contributed by atoms with Crippen LogP contribution >= 0.6 is 0 Å². The van der Waals surface area contributed by atoms with Crippen molar-refractivity contribution in [2.24, 2.45) is 5.14 Å². The van der Waals surface area contributed by atoms with Crippen LogP contribution in [0.3, 0.4) is 0 Å². The number of hydrogen-bond acceptors (Lipinski definition) is 5. The van der Waals surface area contributed by atoms with E-state index in [1.807, 2.05) is 0 Å². The van der Waals surface area contributed by atoms with E-state index in [0.29, 0.717) is 31.4 Å². The quantitative estimate of drug-likeness (QED) is 0.640. The first-order valence-corrected chi connectivity index (χ1v) is 11.7. The lowest BCUT2D eigenvalue weighted by atomic mass is 10.1. The van der Waals surface area contributed by atoms with Gasteiger partial charge in [-0.3, -0.25) is 4.79 Å². The van der Waals surface area contributed by atoms with Crippen molar-refractivity contribution in [2.45, 2.75) is 35.5 Å². The number of anilines is 1. The summed E-state index contributed by atoms with van der Waals surface area (Å²) < 4.78 is 50.1. The third kappa shape index (κ3) is 4.96. The number of carbonyl (C=O) groups excluding carboxylic acids is 1. The van der Waals surface area contributed by atoms with Crippen LogP contribution in [-0.2, 0) is 37.7 Å². The Morgan fingerprint density at radius 3 is 2.32 bits per heavy atom. The monoisotopic (exact) mass is 423 g/mol. The van der Waals surface area contributed by atoms with Crippen LogP contribution in [-0.4, -0.2) is 29.3 Å². The van der Waals surface area contributed by atoms with Gasteiger partial charge in [-0.05, 0) is 60.7 Å². The fraction of sp³-hybridized carbons (Fsp3) is 0.278. The van der Waals surface area contributed by atoms with Gasteiger partial charge in [-0.1, -0.05) is 12.1 Å². The maximum Gasteiger partial charge on any atom is 0.240 e. The second-order valence-corrected chi connectivity index (χ2v) is 9.89. The number of amides is 1. The summed E-state index contributed by atoms with van der Waals surface area (Å²) in [6, 6.07) is 10.6. The van der Waals surface area contributed by atoms with E-state index in [0.717, 1.165) is 11.1 Å². The van der Waals surface area contributed by atoms with E-state index in [9.17, 15) is 21.6 Å². The van der Waals surface area contributed by atoms with Gasteiger partial charge in [0.1, 0.15) is 0 Å². The molecule has 0 radical (unpaired) electrons. The Morgan fingerprint density at radius 1 is 0.964 bits per heavy atom. The summed E-state index contributed by atoms with van der Waals surface area (Å²) in [5.41, 5.74) is 2.23. The molecule has 0 fully saturated rings. The molecule has 3 rings (SSSR count). The molecule has 1 aliphatic rings. The predicted octanol–water partition coefficient (Wildman–Crippen LogP) is 1.13. The summed E-state index contributed by atoms with van der Waals surface area (Å²) in [5.74, 6) is -0.0686. The lowest BCUT2D eigenvalue weighted by Crippen LogP contribution is -2.26. The lowest BCUT2D eigenvalue weighted by molar-refractivity contribution is -0.116. The minimum atomic E-state index is -3.75. The molecule has 0 bridgehead atoms. The minimum Gasteiger partial charge on any atom is -0.326 e. The molecule has 0 aliphatic carbocycles. The highest BCUT2D eigenvalue weighted by Gasteiger charge is 2.18. The molecule has 10 heteroatoms. The Balaban J connectivity index is 1.66. The number of sulfonamides is 2. The van der Waals surface area contributed by atoms with Gasteiger partial charge in [0.2, 0.25) is 26.0 Å². The zero-order chi connectivity index (χ0) is 20.4. The number of hydrogen-bond donors (Lipinski definition) is 3. The van der Waals surface area contributed by atoms with Gasteiger partial charge in [-0.25, -0.2) is 26.7 Å². The third-order valence-corrected chi connectivity index (χ3v) is 6.86. The van der Waals surface area contributed by atoms with Gasteiger partial charge in [0.25, 0.3) is 0 Å². The largest absolute Gasteiger partial charge is 0.326 e. The fourth-order valence-corrected chi connectivity index (χ4v) is 4.57. The molecule has 8 nitrogen and oxygen atoms in total. The molecule has 1 heterocycles. The second-order valence-electron chi connectivity index (χ2n) is 6.56. The first-order chi connectivity index (χ1) is 13.1. The summed E-state index contributed by atoms with van der Waals surface area (Å²) in [4.78, 5) is 11.8. The van der Waals surface area contributed by atoms with Gasteiger partial charge < -0.3 is 5.32 Å². The summed E-state index contributed by atoms with van der Waals surface area (Å²) in [6.45, 7) is 0.158. The Bertz CT molecular complexity index is 1090. The number of carbonyl (C=O) groups is 1. The highest BCUT2D eigenvalue weighted by Crippen LogP contribution is 2.25. The summed E-state index contributed by atoms with van der Waals surface area (Å²) in [5, 5.41) is 7.83. The molecule has 1 amide bonds.